The van der Waals surface area contributed by atoms with Crippen LogP contribution in [0.2, 0.25) is 0 Å². The maximum Gasteiger partial charge on any atom is 0.471 e. The first-order valence-corrected chi connectivity index (χ1v) is 9.18. The number of nitrogens with one attached hydrogen (secondary N) is 1. The summed E-state index contributed by atoms with van der Waals surface area (Å²) in [5, 5.41) is 0.741. The van der Waals surface area contributed by atoms with Gasteiger partial charge < -0.3 is 14.8 Å². The van der Waals surface area contributed by atoms with Crippen molar-refractivity contribution in [1.82, 2.24) is 10.2 Å². The van der Waals surface area contributed by atoms with Crippen LogP contribution < -0.4 is 5.32 Å². The lowest BCUT2D eigenvalue weighted by molar-refractivity contribution is -0.177. The zero-order chi connectivity index (χ0) is 21.4. The summed E-state index contributed by atoms with van der Waals surface area (Å²) in [6, 6.07) is -1.42. The van der Waals surface area contributed by atoms with Gasteiger partial charge in [0, 0.05) is 18.2 Å². The van der Waals surface area contributed by atoms with Gasteiger partial charge in [-0.15, -0.1) is 11.8 Å². The molecular weight excluding hydrogens is 405 g/mol. The largest absolute Gasteiger partial charge is 0.471 e. The fraction of sp³-hybridized carbons (Fsp3) is 0.625. The average molecular weight is 424 g/mol. The average Bonchev–Trinajstić information content (AvgIpc) is 2.53. The number of carbonyl (C=O) groups excluding carboxylic acids is 4. The molecule has 0 saturated carbocycles. The van der Waals surface area contributed by atoms with Crippen LogP contribution in [-0.2, 0) is 28.7 Å². The number of esters is 2. The lowest BCUT2D eigenvalue weighted by Gasteiger charge is -2.49. The Labute approximate surface area is 162 Å². The van der Waals surface area contributed by atoms with E-state index in [0.717, 1.165) is 16.7 Å². The Hall–Kier alpha value is -2.24. The van der Waals surface area contributed by atoms with Crippen molar-refractivity contribution in [3.8, 4) is 0 Å². The van der Waals surface area contributed by atoms with Crippen LogP contribution in [0.15, 0.2) is 11.3 Å². The predicted octanol–water partition coefficient (Wildman–Crippen LogP) is 1.11. The molecule has 156 valence electrons. The van der Waals surface area contributed by atoms with E-state index in [2.05, 4.69) is 0 Å². The summed E-state index contributed by atoms with van der Waals surface area (Å²) in [5.41, 5.74) is -0.781. The highest BCUT2D eigenvalue weighted by molar-refractivity contribution is 8.00. The van der Waals surface area contributed by atoms with Crippen molar-refractivity contribution in [2.24, 2.45) is 0 Å². The fourth-order valence-electron chi connectivity index (χ4n) is 2.52. The van der Waals surface area contributed by atoms with Crippen LogP contribution >= 0.6 is 11.8 Å². The molecule has 2 heterocycles. The van der Waals surface area contributed by atoms with Gasteiger partial charge in [0.15, 0.2) is 0 Å². The number of nitrogens with zero attached hydrogens (tertiary/aromatic N) is 1. The zero-order valence-corrected chi connectivity index (χ0v) is 16.3. The van der Waals surface area contributed by atoms with E-state index >= 15 is 0 Å². The van der Waals surface area contributed by atoms with Gasteiger partial charge >= 0.3 is 24.0 Å². The second-order valence-electron chi connectivity index (χ2n) is 7.09. The Bertz CT molecular complexity index is 744. The molecule has 1 unspecified atom stereocenters. The summed E-state index contributed by atoms with van der Waals surface area (Å²) in [4.78, 5) is 48.2. The Kier molecular flexibility index (Phi) is 6.02. The van der Waals surface area contributed by atoms with Gasteiger partial charge in [0.25, 0.3) is 5.91 Å². The Morgan fingerprint density at radius 2 is 1.86 bits per heavy atom. The van der Waals surface area contributed by atoms with Crippen LogP contribution in [0.3, 0.4) is 0 Å². The van der Waals surface area contributed by atoms with Gasteiger partial charge in [0.05, 0.1) is 0 Å². The number of ether oxygens (including phenoxy) is 2. The van der Waals surface area contributed by atoms with Gasteiger partial charge in [-0.3, -0.25) is 19.3 Å². The Balaban J connectivity index is 2.28. The van der Waals surface area contributed by atoms with Gasteiger partial charge in [0.1, 0.15) is 29.3 Å². The van der Waals surface area contributed by atoms with E-state index in [1.165, 1.54) is 6.92 Å². The molecule has 0 bridgehead atoms. The predicted molar refractivity (Wildman–Crippen MR) is 90.6 cm³/mol. The number of hydrogen-bond donors (Lipinski definition) is 1. The van der Waals surface area contributed by atoms with E-state index in [0.29, 0.717) is 5.57 Å². The van der Waals surface area contributed by atoms with E-state index in [1.807, 2.05) is 0 Å². The first kappa shape index (κ1) is 22.1. The lowest BCUT2D eigenvalue weighted by atomic mass is 10.0. The molecule has 2 aliphatic rings. The number of alkyl halides is 3. The molecule has 1 N–H and O–H groups in total. The number of thioether (sulfide) groups is 1. The third-order valence-electron chi connectivity index (χ3n) is 3.63. The topological polar surface area (TPSA) is 102 Å². The number of carbonyl (C=O) groups is 4. The second kappa shape index (κ2) is 7.64. The molecule has 0 spiro atoms. The van der Waals surface area contributed by atoms with Crippen molar-refractivity contribution in [3.05, 3.63) is 11.3 Å². The molecule has 1 saturated heterocycles. The molecule has 2 amide bonds. The SMILES string of the molecule is CC(=O)OCC1=C(C(=O)OC(C)(C)C)N2C(=O)[C@@H](NC(=O)C(F)(F)F)C2SC1. The molecule has 0 aromatic carbocycles. The minimum Gasteiger partial charge on any atom is -0.461 e. The van der Waals surface area contributed by atoms with Gasteiger partial charge in [-0.2, -0.15) is 13.2 Å². The minimum atomic E-state index is -5.13. The van der Waals surface area contributed by atoms with E-state index < -0.39 is 46.9 Å². The lowest BCUT2D eigenvalue weighted by Crippen LogP contribution is -2.71. The summed E-state index contributed by atoms with van der Waals surface area (Å²) in [7, 11) is 0. The van der Waals surface area contributed by atoms with Crippen molar-refractivity contribution in [2.45, 2.75) is 50.9 Å². The number of β-lactam (4-membered cyclic amide) rings is 1. The number of amides is 2. The van der Waals surface area contributed by atoms with Crippen LogP contribution in [0.5, 0.6) is 0 Å². The third kappa shape index (κ3) is 4.78. The summed E-state index contributed by atoms with van der Waals surface area (Å²) in [6.07, 6.45) is -5.13. The number of hydrogen-bond acceptors (Lipinski definition) is 7. The molecule has 12 heteroatoms. The van der Waals surface area contributed by atoms with Crippen molar-refractivity contribution in [1.29, 1.82) is 0 Å². The normalized spacial score (nSPS) is 22.2. The second-order valence-corrected chi connectivity index (χ2v) is 8.20. The fourth-order valence-corrected chi connectivity index (χ4v) is 3.85. The summed E-state index contributed by atoms with van der Waals surface area (Å²) < 4.78 is 47.6. The maximum atomic E-state index is 12.6. The highest BCUT2D eigenvalue weighted by Gasteiger charge is 2.56. The molecule has 28 heavy (non-hydrogen) atoms. The summed E-state index contributed by atoms with van der Waals surface area (Å²) in [6.45, 7) is 5.72. The minimum absolute atomic E-state index is 0.106. The van der Waals surface area contributed by atoms with E-state index in [1.54, 1.807) is 26.1 Å². The summed E-state index contributed by atoms with van der Waals surface area (Å²) in [5.74, 6) is -4.48. The van der Waals surface area contributed by atoms with Crippen molar-refractivity contribution in [2.75, 3.05) is 12.4 Å². The van der Waals surface area contributed by atoms with E-state index in [-0.39, 0.29) is 18.1 Å². The number of halogens is 3. The molecule has 0 aromatic heterocycles. The molecule has 0 aliphatic carbocycles. The van der Waals surface area contributed by atoms with Crippen LogP contribution in [-0.4, -0.2) is 64.2 Å². The van der Waals surface area contributed by atoms with Gasteiger partial charge in [-0.25, -0.2) is 4.79 Å². The van der Waals surface area contributed by atoms with Crippen molar-refractivity contribution >= 4 is 35.5 Å². The monoisotopic (exact) mass is 424 g/mol. The molecule has 0 radical (unpaired) electrons. The van der Waals surface area contributed by atoms with E-state index in [4.69, 9.17) is 9.47 Å². The van der Waals surface area contributed by atoms with Gasteiger partial charge in [-0.1, -0.05) is 0 Å². The van der Waals surface area contributed by atoms with Crippen LogP contribution in [0, 0.1) is 0 Å². The molecule has 1 fully saturated rings. The smallest absolute Gasteiger partial charge is 0.461 e. The quantitative estimate of drug-likeness (QED) is 0.533. The van der Waals surface area contributed by atoms with Gasteiger partial charge in [0.2, 0.25) is 0 Å². The molecule has 2 aliphatic heterocycles. The Morgan fingerprint density at radius 3 is 2.36 bits per heavy atom. The first-order valence-electron chi connectivity index (χ1n) is 8.13. The van der Waals surface area contributed by atoms with Crippen LogP contribution in [0.1, 0.15) is 27.7 Å². The van der Waals surface area contributed by atoms with E-state index in [9.17, 15) is 32.3 Å². The zero-order valence-electron chi connectivity index (χ0n) is 15.5. The standard InChI is InChI=1S/C16H19F3N2O6S/c1-7(22)26-5-8-6-28-12-9(20-14(25)16(17,18)19)11(23)21(12)10(8)13(24)27-15(2,3)4/h9,12H,5-6H2,1-4H3,(H,20,25)/t9-,12?/m1/s1. The van der Waals surface area contributed by atoms with Crippen LogP contribution in [0.4, 0.5) is 13.2 Å². The van der Waals surface area contributed by atoms with Gasteiger partial charge in [-0.05, 0) is 20.8 Å². The molecule has 2 atom stereocenters. The number of fused-ring (bicyclic) bond motifs is 1. The highest BCUT2D eigenvalue weighted by Crippen LogP contribution is 2.41. The maximum absolute atomic E-state index is 12.6. The van der Waals surface area contributed by atoms with Crippen molar-refractivity contribution < 1.29 is 41.8 Å². The molecular formula is C16H19F3N2O6S. The first-order chi connectivity index (χ1) is 12.7. The van der Waals surface area contributed by atoms with Crippen LogP contribution in [0.25, 0.3) is 0 Å². The highest BCUT2D eigenvalue weighted by atomic mass is 32.2. The molecule has 2 rings (SSSR count). The molecule has 8 nitrogen and oxygen atoms in total. The third-order valence-corrected chi connectivity index (χ3v) is 4.97. The van der Waals surface area contributed by atoms with Crippen molar-refractivity contribution in [3.63, 3.8) is 0 Å². The summed E-state index contributed by atoms with van der Waals surface area (Å²) >= 11 is 1.04. The molecule has 0 aromatic rings. The Morgan fingerprint density at radius 1 is 1.25 bits per heavy atom. The number of rotatable bonds is 4.